The van der Waals surface area contributed by atoms with E-state index in [4.69, 9.17) is 5.26 Å². The predicted molar refractivity (Wildman–Crippen MR) is 70.8 cm³/mol. The Balaban J connectivity index is 2.34. The van der Waals surface area contributed by atoms with Gasteiger partial charge >= 0.3 is 0 Å². The summed E-state index contributed by atoms with van der Waals surface area (Å²) >= 11 is 0. The summed E-state index contributed by atoms with van der Waals surface area (Å²) in [6, 6.07) is 2.25. The Morgan fingerprint density at radius 3 is 2.35 bits per heavy atom. The molecule has 0 bridgehead atoms. The van der Waals surface area contributed by atoms with Crippen molar-refractivity contribution in [3.8, 4) is 6.07 Å². The second kappa shape index (κ2) is 6.34. The minimum atomic E-state index is -0.0193. The lowest BCUT2D eigenvalue weighted by atomic mass is 9.75. The summed E-state index contributed by atoms with van der Waals surface area (Å²) < 4.78 is 0. The van der Waals surface area contributed by atoms with Gasteiger partial charge in [-0.1, -0.05) is 0 Å². The van der Waals surface area contributed by atoms with Crippen LogP contribution in [0.3, 0.4) is 0 Å². The Morgan fingerprint density at radius 2 is 2.00 bits per heavy atom. The van der Waals surface area contributed by atoms with Crippen molar-refractivity contribution in [2.45, 2.75) is 37.3 Å². The molecule has 4 heteroatoms. The molecule has 1 rings (SSSR count). The molecule has 0 aromatic carbocycles. The molecule has 1 atom stereocenters. The number of nitrogens with zero attached hydrogens (tertiary/aromatic N) is 3. The second-order valence-corrected chi connectivity index (χ2v) is 5.47. The SMILES string of the molecule is CNC(C#N)CCN(C)CC1(N(C)C)CCC1. The van der Waals surface area contributed by atoms with Crippen LogP contribution >= 0.6 is 0 Å². The molecule has 0 radical (unpaired) electrons. The maximum absolute atomic E-state index is 8.88. The molecule has 0 aliphatic heterocycles. The standard InChI is InChI=1S/C13H26N4/c1-15-12(10-14)6-9-17(4)11-13(16(2)3)7-5-8-13/h12,15H,5-9,11H2,1-4H3. The summed E-state index contributed by atoms with van der Waals surface area (Å²) in [6.07, 6.45) is 4.85. The summed E-state index contributed by atoms with van der Waals surface area (Å²) in [6.45, 7) is 2.09. The maximum Gasteiger partial charge on any atom is 0.0962 e. The molecule has 0 aromatic heterocycles. The van der Waals surface area contributed by atoms with Gasteiger partial charge in [0.1, 0.15) is 0 Å². The Kier molecular flexibility index (Phi) is 5.38. The topological polar surface area (TPSA) is 42.3 Å². The molecule has 1 aliphatic carbocycles. The molecule has 1 aliphatic rings. The van der Waals surface area contributed by atoms with E-state index in [0.29, 0.717) is 5.54 Å². The Labute approximate surface area is 106 Å². The van der Waals surface area contributed by atoms with Crippen molar-refractivity contribution in [2.24, 2.45) is 0 Å². The highest BCUT2D eigenvalue weighted by atomic mass is 15.2. The molecule has 1 saturated carbocycles. The van der Waals surface area contributed by atoms with Gasteiger partial charge in [-0.25, -0.2) is 0 Å². The molecule has 1 fully saturated rings. The van der Waals surface area contributed by atoms with Crippen molar-refractivity contribution in [3.05, 3.63) is 0 Å². The third-order valence-electron chi connectivity index (χ3n) is 4.10. The van der Waals surface area contributed by atoms with Crippen LogP contribution in [0, 0.1) is 11.3 Å². The fraction of sp³-hybridized carbons (Fsp3) is 0.923. The molecule has 0 saturated heterocycles. The maximum atomic E-state index is 8.88. The van der Waals surface area contributed by atoms with Crippen LogP contribution in [-0.4, -0.2) is 62.7 Å². The lowest BCUT2D eigenvalue weighted by Gasteiger charge is -2.49. The average molecular weight is 238 g/mol. The second-order valence-electron chi connectivity index (χ2n) is 5.47. The Morgan fingerprint density at radius 1 is 1.35 bits per heavy atom. The highest BCUT2D eigenvalue weighted by molar-refractivity contribution is 4.98. The molecule has 0 heterocycles. The van der Waals surface area contributed by atoms with Crippen molar-refractivity contribution < 1.29 is 0 Å². The van der Waals surface area contributed by atoms with E-state index in [0.717, 1.165) is 19.5 Å². The molecule has 1 unspecified atom stereocenters. The molecule has 17 heavy (non-hydrogen) atoms. The van der Waals surface area contributed by atoms with E-state index in [-0.39, 0.29) is 6.04 Å². The van der Waals surface area contributed by atoms with Gasteiger partial charge in [-0.3, -0.25) is 0 Å². The number of nitrogens with one attached hydrogen (secondary N) is 1. The van der Waals surface area contributed by atoms with Gasteiger partial charge in [0.15, 0.2) is 0 Å². The van der Waals surface area contributed by atoms with E-state index in [1.54, 1.807) is 0 Å². The first-order valence-corrected chi connectivity index (χ1v) is 6.47. The van der Waals surface area contributed by atoms with Gasteiger partial charge < -0.3 is 15.1 Å². The molecule has 1 N–H and O–H groups in total. The van der Waals surface area contributed by atoms with Crippen LogP contribution in [0.25, 0.3) is 0 Å². The van der Waals surface area contributed by atoms with E-state index in [1.165, 1.54) is 19.3 Å². The van der Waals surface area contributed by atoms with E-state index in [9.17, 15) is 0 Å². The number of hydrogen-bond donors (Lipinski definition) is 1. The number of nitriles is 1. The van der Waals surface area contributed by atoms with Crippen LogP contribution < -0.4 is 5.32 Å². The lowest BCUT2D eigenvalue weighted by Crippen LogP contribution is -2.56. The average Bonchev–Trinajstić information content (AvgIpc) is 2.24. The molecule has 0 aromatic rings. The summed E-state index contributed by atoms with van der Waals surface area (Å²) in [5.41, 5.74) is 0.385. The Hall–Kier alpha value is -0.630. The van der Waals surface area contributed by atoms with Crippen molar-refractivity contribution in [1.29, 1.82) is 5.26 Å². The van der Waals surface area contributed by atoms with Gasteiger partial charge in [0, 0.05) is 18.6 Å². The van der Waals surface area contributed by atoms with Crippen LogP contribution in [0.2, 0.25) is 0 Å². The molecule has 4 nitrogen and oxygen atoms in total. The van der Waals surface area contributed by atoms with Crippen molar-refractivity contribution >= 4 is 0 Å². The van der Waals surface area contributed by atoms with E-state index in [2.05, 4.69) is 42.3 Å². The molecular weight excluding hydrogens is 212 g/mol. The first-order chi connectivity index (χ1) is 8.04. The van der Waals surface area contributed by atoms with E-state index in [1.807, 2.05) is 7.05 Å². The van der Waals surface area contributed by atoms with Crippen molar-refractivity contribution in [3.63, 3.8) is 0 Å². The number of rotatable bonds is 7. The molecule has 98 valence electrons. The summed E-state index contributed by atoms with van der Waals surface area (Å²) in [5.74, 6) is 0. The zero-order valence-electron chi connectivity index (χ0n) is 11.7. The van der Waals surface area contributed by atoms with Crippen LogP contribution in [0.15, 0.2) is 0 Å². The van der Waals surface area contributed by atoms with Gasteiger partial charge in [-0.05, 0) is 53.9 Å². The minimum Gasteiger partial charge on any atom is -0.305 e. The van der Waals surface area contributed by atoms with E-state index >= 15 is 0 Å². The predicted octanol–water partition coefficient (Wildman–Crippen LogP) is 0.904. The fourth-order valence-corrected chi connectivity index (χ4v) is 2.54. The van der Waals surface area contributed by atoms with E-state index < -0.39 is 0 Å². The molecular formula is C13H26N4. The van der Waals surface area contributed by atoms with Gasteiger partial charge in [0.05, 0.1) is 12.1 Å². The molecule has 0 amide bonds. The number of hydrogen-bond acceptors (Lipinski definition) is 4. The first-order valence-electron chi connectivity index (χ1n) is 6.47. The van der Waals surface area contributed by atoms with Crippen molar-refractivity contribution in [1.82, 2.24) is 15.1 Å². The Bertz CT molecular complexity index is 265. The highest BCUT2D eigenvalue weighted by Gasteiger charge is 2.39. The zero-order chi connectivity index (χ0) is 12.9. The fourth-order valence-electron chi connectivity index (χ4n) is 2.54. The monoisotopic (exact) mass is 238 g/mol. The van der Waals surface area contributed by atoms with Crippen LogP contribution in [0.4, 0.5) is 0 Å². The third kappa shape index (κ3) is 3.67. The van der Waals surface area contributed by atoms with Crippen LogP contribution in [0.1, 0.15) is 25.7 Å². The lowest BCUT2D eigenvalue weighted by molar-refractivity contribution is 0.0274. The third-order valence-corrected chi connectivity index (χ3v) is 4.10. The van der Waals surface area contributed by atoms with Gasteiger partial charge in [0.2, 0.25) is 0 Å². The van der Waals surface area contributed by atoms with Crippen LogP contribution in [-0.2, 0) is 0 Å². The largest absolute Gasteiger partial charge is 0.305 e. The van der Waals surface area contributed by atoms with Crippen molar-refractivity contribution in [2.75, 3.05) is 41.3 Å². The zero-order valence-corrected chi connectivity index (χ0v) is 11.7. The van der Waals surface area contributed by atoms with Gasteiger partial charge in [-0.2, -0.15) is 5.26 Å². The summed E-state index contributed by atoms with van der Waals surface area (Å²) in [5, 5.41) is 11.9. The minimum absolute atomic E-state index is 0.0193. The summed E-state index contributed by atoms with van der Waals surface area (Å²) in [4.78, 5) is 4.73. The quantitative estimate of drug-likeness (QED) is 0.716. The number of likely N-dealkylation sites (N-methyl/N-ethyl adjacent to an activating group) is 2. The normalized spacial score (nSPS) is 20.1. The van der Waals surface area contributed by atoms with Gasteiger partial charge in [0.25, 0.3) is 0 Å². The first kappa shape index (κ1) is 14.4. The van der Waals surface area contributed by atoms with Crippen LogP contribution in [0.5, 0.6) is 0 Å². The summed E-state index contributed by atoms with van der Waals surface area (Å²) in [7, 11) is 8.37. The molecule has 0 spiro atoms. The smallest absolute Gasteiger partial charge is 0.0962 e. The van der Waals surface area contributed by atoms with Gasteiger partial charge in [-0.15, -0.1) is 0 Å². The highest BCUT2D eigenvalue weighted by Crippen LogP contribution is 2.36.